The van der Waals surface area contributed by atoms with Gasteiger partial charge in [-0.05, 0) is 29.0 Å². The molecule has 0 bridgehead atoms. The third-order valence-corrected chi connectivity index (χ3v) is 4.46. The van der Waals surface area contributed by atoms with Crippen LogP contribution in [0.25, 0.3) is 44.3 Å². The molecular weight excluding hydrogens is 498 g/mol. The number of hydrogen-bond acceptors (Lipinski definition) is 2. The quantitative estimate of drug-likeness (QED) is 0.267. The molecule has 3 heteroatoms. The van der Waals surface area contributed by atoms with E-state index in [1.54, 1.807) is 0 Å². The van der Waals surface area contributed by atoms with E-state index in [2.05, 4.69) is 35.3 Å². The Labute approximate surface area is 164 Å². The molecule has 5 aromatic rings. The Kier molecular flexibility index (Phi) is 4.42. The minimum Gasteiger partial charge on any atom is -0.501 e. The second-order valence-corrected chi connectivity index (χ2v) is 5.99. The van der Waals surface area contributed by atoms with Crippen LogP contribution in [0.4, 0.5) is 0 Å². The van der Waals surface area contributed by atoms with Crippen LogP contribution >= 0.6 is 0 Å². The van der Waals surface area contributed by atoms with E-state index in [9.17, 15) is 0 Å². The van der Waals surface area contributed by atoms with Gasteiger partial charge < -0.3 is 9.40 Å². The van der Waals surface area contributed by atoms with Gasteiger partial charge in [-0.1, -0.05) is 65.5 Å². The van der Waals surface area contributed by atoms with Crippen LogP contribution in [0.15, 0.2) is 89.5 Å². The Morgan fingerprint density at radius 3 is 2.46 bits per heavy atom. The largest absolute Gasteiger partial charge is 0.501 e. The Balaban J connectivity index is 0.00000168. The van der Waals surface area contributed by atoms with Crippen LogP contribution in [0.2, 0.25) is 0 Å². The van der Waals surface area contributed by atoms with Crippen LogP contribution in [0.5, 0.6) is 0 Å². The molecule has 0 spiro atoms. The molecule has 3 aromatic carbocycles. The molecule has 0 aliphatic heterocycles. The van der Waals surface area contributed by atoms with Gasteiger partial charge in [0.05, 0.1) is 5.58 Å². The fraction of sp³-hybridized carbons (Fsp3) is 0. The summed E-state index contributed by atoms with van der Waals surface area (Å²) in [5.74, 6) is 0. The second kappa shape index (κ2) is 6.87. The molecule has 0 fully saturated rings. The number of rotatable bonds is 2. The summed E-state index contributed by atoms with van der Waals surface area (Å²) in [6.45, 7) is 0. The minimum absolute atomic E-state index is 0. The maximum absolute atomic E-state index is 6.11. The van der Waals surface area contributed by atoms with E-state index >= 15 is 0 Å². The molecule has 0 saturated carbocycles. The molecule has 0 saturated heterocycles. The van der Waals surface area contributed by atoms with E-state index in [0.717, 1.165) is 38.8 Å². The van der Waals surface area contributed by atoms with Gasteiger partial charge in [-0.25, -0.2) is 0 Å². The summed E-state index contributed by atoms with van der Waals surface area (Å²) in [5, 5.41) is 2.21. The predicted octanol–water partition coefficient (Wildman–Crippen LogP) is 6.11. The first-order valence-corrected chi connectivity index (χ1v) is 8.24. The molecule has 26 heavy (non-hydrogen) atoms. The van der Waals surface area contributed by atoms with Crippen LogP contribution in [-0.2, 0) is 20.1 Å². The van der Waals surface area contributed by atoms with Gasteiger partial charge in [0, 0.05) is 31.7 Å². The van der Waals surface area contributed by atoms with Crippen molar-refractivity contribution in [1.29, 1.82) is 0 Å². The molecule has 127 valence electrons. The number of furan rings is 1. The summed E-state index contributed by atoms with van der Waals surface area (Å²) < 4.78 is 6.11. The number of para-hydroxylation sites is 1. The monoisotopic (exact) mass is 513 g/mol. The second-order valence-electron chi connectivity index (χ2n) is 5.99. The Bertz CT molecular complexity index is 1190. The number of benzene rings is 3. The average molecular weight is 513 g/mol. The van der Waals surface area contributed by atoms with Crippen LogP contribution in [0.1, 0.15) is 0 Å². The maximum atomic E-state index is 6.11. The van der Waals surface area contributed by atoms with Crippen molar-refractivity contribution in [2.75, 3.05) is 0 Å². The summed E-state index contributed by atoms with van der Waals surface area (Å²) in [7, 11) is 0. The fourth-order valence-corrected chi connectivity index (χ4v) is 3.26. The van der Waals surface area contributed by atoms with Crippen LogP contribution in [-0.4, -0.2) is 4.98 Å². The van der Waals surface area contributed by atoms with Crippen molar-refractivity contribution in [3.63, 3.8) is 0 Å². The average Bonchev–Trinajstić information content (AvgIpc) is 3.07. The molecule has 2 heterocycles. The molecular formula is C23H14IrNO-. The Morgan fingerprint density at radius 2 is 1.58 bits per heavy atom. The number of fused-ring (bicyclic) bond motifs is 3. The topological polar surface area (TPSA) is 26.0 Å². The zero-order valence-electron chi connectivity index (χ0n) is 13.8. The van der Waals surface area contributed by atoms with Crippen molar-refractivity contribution in [2.45, 2.75) is 0 Å². The van der Waals surface area contributed by atoms with E-state index in [1.165, 1.54) is 5.56 Å². The zero-order chi connectivity index (χ0) is 16.6. The third kappa shape index (κ3) is 2.76. The first kappa shape index (κ1) is 16.7. The van der Waals surface area contributed by atoms with Crippen molar-refractivity contribution in [3.8, 4) is 22.4 Å². The van der Waals surface area contributed by atoms with E-state index in [1.807, 2.05) is 60.8 Å². The van der Waals surface area contributed by atoms with E-state index in [-0.39, 0.29) is 20.1 Å². The van der Waals surface area contributed by atoms with Crippen LogP contribution in [0, 0.1) is 6.07 Å². The summed E-state index contributed by atoms with van der Waals surface area (Å²) in [6.07, 6.45) is 1.84. The normalized spacial score (nSPS) is 10.8. The molecule has 2 aromatic heterocycles. The molecule has 2 nitrogen and oxygen atoms in total. The van der Waals surface area contributed by atoms with Crippen molar-refractivity contribution in [3.05, 3.63) is 91.1 Å². The number of hydrogen-bond donors (Lipinski definition) is 0. The first-order valence-electron chi connectivity index (χ1n) is 8.24. The molecule has 1 radical (unpaired) electrons. The maximum Gasteiger partial charge on any atom is 0.120 e. The molecule has 0 N–H and O–H groups in total. The van der Waals surface area contributed by atoms with E-state index in [4.69, 9.17) is 4.42 Å². The zero-order valence-corrected chi connectivity index (χ0v) is 16.2. The Hall–Kier alpha value is -2.74. The molecule has 0 aliphatic rings. The smallest absolute Gasteiger partial charge is 0.120 e. The van der Waals surface area contributed by atoms with E-state index in [0.29, 0.717) is 0 Å². The fourth-order valence-electron chi connectivity index (χ4n) is 3.26. The third-order valence-electron chi connectivity index (χ3n) is 4.46. The molecule has 0 unspecified atom stereocenters. The summed E-state index contributed by atoms with van der Waals surface area (Å²) >= 11 is 0. The van der Waals surface area contributed by atoms with Crippen molar-refractivity contribution in [1.82, 2.24) is 4.98 Å². The number of pyridine rings is 1. The standard InChI is InChI=1S/C23H14NO.Ir/c1-2-7-16(8-3-1)17-13-14-24-21(15-17)20-11-6-10-19-18-9-4-5-12-22(18)25-23(19)20;/h1-10,12-15H;/q-1;. The predicted molar refractivity (Wildman–Crippen MR) is 101 cm³/mol. The summed E-state index contributed by atoms with van der Waals surface area (Å²) in [4.78, 5) is 4.56. The van der Waals surface area contributed by atoms with Gasteiger partial charge in [-0.3, -0.25) is 0 Å². The van der Waals surface area contributed by atoms with Crippen LogP contribution in [0.3, 0.4) is 0 Å². The van der Waals surface area contributed by atoms with Crippen LogP contribution < -0.4 is 0 Å². The van der Waals surface area contributed by atoms with Crippen molar-refractivity contribution >= 4 is 21.9 Å². The number of aromatic nitrogens is 1. The summed E-state index contributed by atoms with van der Waals surface area (Å²) in [6, 6.07) is 29.8. The number of nitrogens with zero attached hydrogens (tertiary/aromatic N) is 1. The molecule has 0 aliphatic carbocycles. The van der Waals surface area contributed by atoms with Gasteiger partial charge in [0.2, 0.25) is 0 Å². The van der Waals surface area contributed by atoms with Crippen molar-refractivity contribution in [2.24, 2.45) is 0 Å². The molecule has 0 atom stereocenters. The summed E-state index contributed by atoms with van der Waals surface area (Å²) in [5.41, 5.74) is 5.78. The van der Waals surface area contributed by atoms with Gasteiger partial charge in [0.15, 0.2) is 0 Å². The van der Waals surface area contributed by atoms with Gasteiger partial charge in [-0.2, -0.15) is 0 Å². The van der Waals surface area contributed by atoms with E-state index < -0.39 is 0 Å². The molecule has 0 amide bonds. The minimum atomic E-state index is 0. The molecule has 5 rings (SSSR count). The van der Waals surface area contributed by atoms with Crippen molar-refractivity contribution < 1.29 is 24.5 Å². The van der Waals surface area contributed by atoms with Gasteiger partial charge in [0.25, 0.3) is 0 Å². The van der Waals surface area contributed by atoms with Gasteiger partial charge in [-0.15, -0.1) is 18.2 Å². The van der Waals surface area contributed by atoms with Gasteiger partial charge >= 0.3 is 0 Å². The van der Waals surface area contributed by atoms with Gasteiger partial charge in [0.1, 0.15) is 5.58 Å². The first-order chi connectivity index (χ1) is 12.4. The SMILES string of the molecule is [Ir].[c-]1ccc2c(oc3ccccc32)c1-c1cc(-c2ccccc2)ccn1. The Morgan fingerprint density at radius 1 is 0.769 bits per heavy atom.